The highest BCUT2D eigenvalue weighted by Crippen LogP contribution is 2.29. The minimum absolute atomic E-state index is 0.758. The maximum absolute atomic E-state index is 5.94. The number of fused-ring (bicyclic) bond motifs is 3. The molecule has 0 saturated heterocycles. The molecule has 106 valence electrons. The lowest BCUT2D eigenvalue weighted by Crippen LogP contribution is -1.85. The van der Waals surface area contributed by atoms with E-state index in [4.69, 9.17) is 11.6 Å². The van der Waals surface area contributed by atoms with Gasteiger partial charge < -0.3 is 4.57 Å². The van der Waals surface area contributed by atoms with Crippen molar-refractivity contribution in [1.29, 1.82) is 0 Å². The first-order valence-corrected chi connectivity index (χ1v) is 7.62. The fourth-order valence-corrected chi connectivity index (χ4v) is 2.97. The average Bonchev–Trinajstić information content (AvgIpc) is 2.89. The Kier molecular flexibility index (Phi) is 3.21. The zero-order valence-electron chi connectivity index (χ0n) is 11.9. The van der Waals surface area contributed by atoms with E-state index in [0.29, 0.717) is 0 Å². The number of aromatic nitrogens is 1. The van der Waals surface area contributed by atoms with Gasteiger partial charge in [0, 0.05) is 22.0 Å². The van der Waals surface area contributed by atoms with Crippen LogP contribution in [-0.4, -0.2) is 4.57 Å². The molecule has 0 aliphatic carbocycles. The molecule has 0 spiro atoms. The lowest BCUT2D eigenvalue weighted by atomic mass is 10.2. The van der Waals surface area contributed by atoms with E-state index in [1.807, 2.05) is 24.3 Å². The molecule has 0 atom stereocenters. The predicted molar refractivity (Wildman–Crippen MR) is 96.1 cm³/mol. The fourth-order valence-electron chi connectivity index (χ4n) is 2.85. The van der Waals surface area contributed by atoms with Crippen LogP contribution in [0.5, 0.6) is 0 Å². The topological polar surface area (TPSA) is 4.93 Å². The van der Waals surface area contributed by atoms with Crippen molar-refractivity contribution in [1.82, 2.24) is 4.57 Å². The number of halogens is 1. The van der Waals surface area contributed by atoms with E-state index in [-0.39, 0.29) is 0 Å². The normalized spacial score (nSPS) is 11.7. The Morgan fingerprint density at radius 1 is 0.682 bits per heavy atom. The maximum Gasteiger partial charge on any atom is 0.0534 e. The summed E-state index contributed by atoms with van der Waals surface area (Å²) in [6.07, 6.45) is 4.23. The van der Waals surface area contributed by atoms with Gasteiger partial charge in [-0.3, -0.25) is 0 Å². The number of para-hydroxylation sites is 2. The van der Waals surface area contributed by atoms with Gasteiger partial charge in [0.1, 0.15) is 0 Å². The summed E-state index contributed by atoms with van der Waals surface area (Å²) in [6, 6.07) is 24.8. The Labute approximate surface area is 134 Å². The van der Waals surface area contributed by atoms with E-state index in [1.165, 1.54) is 21.8 Å². The quantitative estimate of drug-likeness (QED) is 0.423. The van der Waals surface area contributed by atoms with Crippen molar-refractivity contribution < 1.29 is 0 Å². The molecule has 0 N–H and O–H groups in total. The molecule has 2 heteroatoms. The number of benzene rings is 3. The molecule has 0 saturated carbocycles. The van der Waals surface area contributed by atoms with E-state index in [9.17, 15) is 0 Å². The van der Waals surface area contributed by atoms with Crippen LogP contribution in [0.3, 0.4) is 0 Å². The van der Waals surface area contributed by atoms with Crippen LogP contribution < -0.4 is 0 Å². The summed E-state index contributed by atoms with van der Waals surface area (Å²) in [5.41, 5.74) is 3.56. The van der Waals surface area contributed by atoms with Crippen LogP contribution in [-0.2, 0) is 0 Å². The van der Waals surface area contributed by atoms with Crippen molar-refractivity contribution in [2.75, 3.05) is 0 Å². The van der Waals surface area contributed by atoms with Crippen LogP contribution in [0.25, 0.3) is 34.1 Å². The largest absolute Gasteiger partial charge is 0.316 e. The van der Waals surface area contributed by atoms with Gasteiger partial charge in [-0.2, -0.15) is 0 Å². The fraction of sp³-hybridized carbons (Fsp3) is 0. The monoisotopic (exact) mass is 303 g/mol. The van der Waals surface area contributed by atoms with Gasteiger partial charge in [-0.25, -0.2) is 0 Å². The summed E-state index contributed by atoms with van der Waals surface area (Å²) < 4.78 is 2.24. The molecule has 0 fully saturated rings. The molecule has 3 aromatic carbocycles. The van der Waals surface area contributed by atoms with Crippen molar-refractivity contribution in [3.8, 4) is 0 Å². The van der Waals surface area contributed by atoms with Crippen molar-refractivity contribution in [3.05, 3.63) is 83.4 Å². The number of hydrogen-bond donors (Lipinski definition) is 0. The lowest BCUT2D eigenvalue weighted by molar-refractivity contribution is 1.30. The zero-order chi connectivity index (χ0) is 14.9. The summed E-state index contributed by atoms with van der Waals surface area (Å²) in [7, 11) is 0. The van der Waals surface area contributed by atoms with E-state index in [2.05, 4.69) is 65.4 Å². The maximum atomic E-state index is 5.94. The molecule has 0 amide bonds. The van der Waals surface area contributed by atoms with Gasteiger partial charge in [0.25, 0.3) is 0 Å². The van der Waals surface area contributed by atoms with Gasteiger partial charge in [-0.05, 0) is 35.9 Å². The molecule has 0 unspecified atom stereocenters. The van der Waals surface area contributed by atoms with Gasteiger partial charge in [-0.1, -0.05) is 60.1 Å². The Hall–Kier alpha value is -2.51. The molecule has 1 nitrogen and oxygen atoms in total. The Morgan fingerprint density at radius 2 is 1.23 bits per heavy atom. The smallest absolute Gasteiger partial charge is 0.0534 e. The third-order valence-corrected chi connectivity index (χ3v) is 4.16. The molecule has 0 aliphatic rings. The second-order valence-corrected chi connectivity index (χ2v) is 5.71. The molecule has 0 bridgehead atoms. The first-order valence-electron chi connectivity index (χ1n) is 7.24. The molecule has 1 aromatic heterocycles. The molecule has 0 aliphatic heterocycles. The van der Waals surface area contributed by atoms with Crippen molar-refractivity contribution in [2.24, 2.45) is 0 Å². The molecule has 0 radical (unpaired) electrons. The molecule has 1 heterocycles. The molecular weight excluding hydrogens is 290 g/mol. The number of rotatable bonds is 2. The third kappa shape index (κ3) is 2.20. The van der Waals surface area contributed by atoms with Crippen LogP contribution in [0, 0.1) is 0 Å². The van der Waals surface area contributed by atoms with Crippen LogP contribution in [0.4, 0.5) is 0 Å². The SMILES string of the molecule is Clc1ccc(/C=C/n2c3ccccc3c3ccccc32)cc1. The van der Waals surface area contributed by atoms with Crippen LogP contribution in [0.1, 0.15) is 5.56 Å². The molecule has 4 rings (SSSR count). The third-order valence-electron chi connectivity index (χ3n) is 3.90. The summed E-state index contributed by atoms with van der Waals surface area (Å²) in [6.45, 7) is 0. The lowest BCUT2D eigenvalue weighted by Gasteiger charge is -2.00. The summed E-state index contributed by atoms with van der Waals surface area (Å²) in [4.78, 5) is 0. The molecule has 4 aromatic rings. The van der Waals surface area contributed by atoms with Gasteiger partial charge in [0.15, 0.2) is 0 Å². The standard InChI is InChI=1S/C20H14ClN/c21-16-11-9-15(10-12-16)13-14-22-19-7-3-1-5-17(19)18-6-2-4-8-20(18)22/h1-14H/b14-13+. The highest BCUT2D eigenvalue weighted by molar-refractivity contribution is 6.30. The van der Waals surface area contributed by atoms with Crippen LogP contribution in [0.2, 0.25) is 5.02 Å². The van der Waals surface area contributed by atoms with Crippen LogP contribution in [0.15, 0.2) is 72.8 Å². The first-order chi connectivity index (χ1) is 10.8. The second-order valence-electron chi connectivity index (χ2n) is 5.27. The van der Waals surface area contributed by atoms with Crippen molar-refractivity contribution in [2.45, 2.75) is 0 Å². The van der Waals surface area contributed by atoms with Crippen molar-refractivity contribution in [3.63, 3.8) is 0 Å². The Balaban J connectivity index is 1.91. The van der Waals surface area contributed by atoms with Gasteiger partial charge in [0.2, 0.25) is 0 Å². The highest BCUT2D eigenvalue weighted by atomic mass is 35.5. The van der Waals surface area contributed by atoms with Gasteiger partial charge >= 0.3 is 0 Å². The van der Waals surface area contributed by atoms with Crippen LogP contribution >= 0.6 is 11.6 Å². The van der Waals surface area contributed by atoms with E-state index in [0.717, 1.165) is 10.6 Å². The molecule has 22 heavy (non-hydrogen) atoms. The first kappa shape index (κ1) is 13.2. The van der Waals surface area contributed by atoms with E-state index < -0.39 is 0 Å². The second kappa shape index (κ2) is 5.36. The minimum Gasteiger partial charge on any atom is -0.316 e. The summed E-state index contributed by atoms with van der Waals surface area (Å²) >= 11 is 5.94. The van der Waals surface area contributed by atoms with Gasteiger partial charge in [-0.15, -0.1) is 0 Å². The van der Waals surface area contributed by atoms with Gasteiger partial charge in [0.05, 0.1) is 11.0 Å². The summed E-state index contributed by atoms with van der Waals surface area (Å²) in [5.74, 6) is 0. The zero-order valence-corrected chi connectivity index (χ0v) is 12.7. The Bertz CT molecular complexity index is 924. The number of hydrogen-bond acceptors (Lipinski definition) is 0. The van der Waals surface area contributed by atoms with E-state index >= 15 is 0 Å². The summed E-state index contributed by atoms with van der Waals surface area (Å²) in [5, 5.41) is 3.31. The minimum atomic E-state index is 0.758. The Morgan fingerprint density at radius 3 is 1.82 bits per heavy atom. The molecular formula is C20H14ClN. The van der Waals surface area contributed by atoms with E-state index in [1.54, 1.807) is 0 Å². The number of nitrogens with zero attached hydrogens (tertiary/aromatic N) is 1. The highest BCUT2D eigenvalue weighted by Gasteiger charge is 2.07. The predicted octanol–water partition coefficient (Wildman–Crippen LogP) is 6.08. The van der Waals surface area contributed by atoms with Crippen molar-refractivity contribution >= 4 is 45.7 Å². The average molecular weight is 304 g/mol.